The largest absolute Gasteiger partial charge is 0.458 e. The monoisotopic (exact) mass is 404 g/mol. The first-order valence-electron chi connectivity index (χ1n) is 8.97. The van der Waals surface area contributed by atoms with Crippen molar-refractivity contribution in [2.75, 3.05) is 6.61 Å². The van der Waals surface area contributed by atoms with Crippen molar-refractivity contribution < 1.29 is 46.9 Å². The Morgan fingerprint density at radius 2 is 1.79 bits per heavy atom. The maximum Gasteiger partial charge on any atom is 0.377 e. The third kappa shape index (κ3) is 3.68. The van der Waals surface area contributed by atoms with E-state index in [1.165, 1.54) is 0 Å². The highest BCUT2D eigenvalue weighted by Crippen LogP contribution is 2.59. The molecule has 3 aliphatic rings. The Bertz CT molecular complexity index is 707. The number of fused-ring (bicyclic) bond motifs is 1. The number of halogens is 2. The lowest BCUT2D eigenvalue weighted by molar-refractivity contribution is -0.186. The molecule has 3 rings (SSSR count). The smallest absolute Gasteiger partial charge is 0.377 e. The molecule has 3 fully saturated rings. The highest BCUT2D eigenvalue weighted by molar-refractivity contribution is 5.87. The van der Waals surface area contributed by atoms with Crippen LogP contribution in [0.2, 0.25) is 0 Å². The van der Waals surface area contributed by atoms with Crippen molar-refractivity contribution in [1.82, 2.24) is 0 Å². The Labute approximate surface area is 159 Å². The molecule has 0 aromatic heterocycles. The lowest BCUT2D eigenvalue weighted by Crippen LogP contribution is -2.45. The molecule has 2 aliphatic carbocycles. The summed E-state index contributed by atoms with van der Waals surface area (Å²) in [4.78, 5) is 48.0. The predicted molar refractivity (Wildman–Crippen MR) is 85.8 cm³/mol. The molecule has 0 aromatic carbocycles. The maximum atomic E-state index is 13.2. The number of carbonyl (C=O) groups is 4. The van der Waals surface area contributed by atoms with E-state index >= 15 is 0 Å². The normalized spacial score (nSPS) is 33.4. The zero-order chi connectivity index (χ0) is 21.0. The van der Waals surface area contributed by atoms with E-state index in [0.717, 1.165) is 0 Å². The molecule has 2 saturated carbocycles. The van der Waals surface area contributed by atoms with Crippen molar-refractivity contribution in [3.63, 3.8) is 0 Å². The fourth-order valence-electron chi connectivity index (χ4n) is 4.29. The summed E-state index contributed by atoms with van der Waals surface area (Å²) in [6.07, 6.45) is -1.69. The standard InChI is InChI=1S/C18H22F2O8/c1-17(2,3)28-9(21)6-25-14(22)10-7-5-8-11(10)15(23)26-12(8)13(7)27-16(24)18(4,19)20/h7-8,10-13H,5-6H2,1-4H3. The fraction of sp³-hybridized carbons (Fsp3) is 0.778. The number of ether oxygens (including phenoxy) is 4. The second kappa shape index (κ2) is 6.66. The van der Waals surface area contributed by atoms with Crippen molar-refractivity contribution in [3.05, 3.63) is 0 Å². The molecule has 0 aromatic rings. The molecule has 1 aliphatic heterocycles. The van der Waals surface area contributed by atoms with Crippen LogP contribution in [-0.4, -0.2) is 54.2 Å². The van der Waals surface area contributed by atoms with Crippen LogP contribution in [0, 0.1) is 23.7 Å². The number of hydrogen-bond donors (Lipinski definition) is 0. The molecule has 1 saturated heterocycles. The summed E-state index contributed by atoms with van der Waals surface area (Å²) in [6.45, 7) is 4.71. The van der Waals surface area contributed by atoms with Crippen molar-refractivity contribution in [2.24, 2.45) is 23.7 Å². The molecule has 2 bridgehead atoms. The average Bonchev–Trinajstić information content (AvgIpc) is 3.13. The van der Waals surface area contributed by atoms with Crippen LogP contribution >= 0.6 is 0 Å². The van der Waals surface area contributed by atoms with Gasteiger partial charge in [0.15, 0.2) is 6.61 Å². The first-order chi connectivity index (χ1) is 12.8. The minimum absolute atomic E-state index is 0.306. The van der Waals surface area contributed by atoms with Gasteiger partial charge < -0.3 is 18.9 Å². The quantitative estimate of drug-likeness (QED) is 0.498. The SMILES string of the molecule is CC(C)(C)OC(=O)COC(=O)C1C2CC3C(OC(=O)C31)C2OC(=O)C(C)(F)F. The first kappa shape index (κ1) is 20.5. The maximum absolute atomic E-state index is 13.2. The molecule has 0 amide bonds. The Morgan fingerprint density at radius 3 is 2.36 bits per heavy atom. The van der Waals surface area contributed by atoms with Crippen LogP contribution in [0.5, 0.6) is 0 Å². The van der Waals surface area contributed by atoms with Crippen molar-refractivity contribution in [1.29, 1.82) is 0 Å². The van der Waals surface area contributed by atoms with Gasteiger partial charge in [-0.3, -0.25) is 9.59 Å². The van der Waals surface area contributed by atoms with Gasteiger partial charge in [0.25, 0.3) is 0 Å². The van der Waals surface area contributed by atoms with Gasteiger partial charge >= 0.3 is 29.8 Å². The van der Waals surface area contributed by atoms with Gasteiger partial charge in [0.2, 0.25) is 0 Å². The predicted octanol–water partition coefficient (Wildman–Crippen LogP) is 1.25. The molecule has 10 heteroatoms. The second-order valence-electron chi connectivity index (χ2n) is 8.47. The summed E-state index contributed by atoms with van der Waals surface area (Å²) >= 11 is 0. The number of esters is 4. The molecule has 156 valence electrons. The van der Waals surface area contributed by atoms with Gasteiger partial charge in [-0.15, -0.1) is 0 Å². The highest BCUT2D eigenvalue weighted by atomic mass is 19.3. The molecule has 0 spiro atoms. The molecular weight excluding hydrogens is 382 g/mol. The average molecular weight is 404 g/mol. The van der Waals surface area contributed by atoms with Crippen LogP contribution < -0.4 is 0 Å². The van der Waals surface area contributed by atoms with Gasteiger partial charge in [-0.25, -0.2) is 9.59 Å². The summed E-state index contributed by atoms with van der Waals surface area (Å²) in [6, 6.07) is 0. The molecule has 0 N–H and O–H groups in total. The van der Waals surface area contributed by atoms with Crippen LogP contribution in [0.1, 0.15) is 34.1 Å². The fourth-order valence-corrected chi connectivity index (χ4v) is 4.29. The van der Waals surface area contributed by atoms with E-state index in [2.05, 4.69) is 0 Å². The van der Waals surface area contributed by atoms with Crippen molar-refractivity contribution in [3.8, 4) is 0 Å². The van der Waals surface area contributed by atoms with Crippen molar-refractivity contribution in [2.45, 2.75) is 57.8 Å². The highest BCUT2D eigenvalue weighted by Gasteiger charge is 2.70. The minimum Gasteiger partial charge on any atom is -0.458 e. The van der Waals surface area contributed by atoms with E-state index in [1.807, 2.05) is 0 Å². The number of alkyl halides is 2. The molecule has 6 atom stereocenters. The van der Waals surface area contributed by atoms with Gasteiger partial charge in [0.05, 0.1) is 11.8 Å². The van der Waals surface area contributed by atoms with Gasteiger partial charge in [0.1, 0.15) is 17.8 Å². The molecule has 1 heterocycles. The Morgan fingerprint density at radius 1 is 1.14 bits per heavy atom. The Hall–Kier alpha value is -2.26. The van der Waals surface area contributed by atoms with E-state index in [9.17, 15) is 28.0 Å². The molecule has 28 heavy (non-hydrogen) atoms. The molecular formula is C18H22F2O8. The first-order valence-corrected chi connectivity index (χ1v) is 8.97. The number of carbonyl (C=O) groups excluding carboxylic acids is 4. The van der Waals surface area contributed by atoms with E-state index < -0.39 is 77.9 Å². The molecule has 8 nitrogen and oxygen atoms in total. The van der Waals surface area contributed by atoms with Gasteiger partial charge in [0, 0.05) is 18.8 Å². The summed E-state index contributed by atoms with van der Waals surface area (Å²) in [7, 11) is 0. The van der Waals surface area contributed by atoms with Gasteiger partial charge in [-0.1, -0.05) is 0 Å². The van der Waals surface area contributed by atoms with Crippen molar-refractivity contribution >= 4 is 23.9 Å². The van der Waals surface area contributed by atoms with Crippen LogP contribution in [0.15, 0.2) is 0 Å². The van der Waals surface area contributed by atoms with Gasteiger partial charge in [-0.05, 0) is 27.2 Å². The molecule has 0 radical (unpaired) electrons. The lowest BCUT2D eigenvalue weighted by atomic mass is 9.78. The van der Waals surface area contributed by atoms with Crippen LogP contribution in [0.3, 0.4) is 0 Å². The third-order valence-electron chi connectivity index (χ3n) is 5.17. The minimum atomic E-state index is -3.71. The summed E-state index contributed by atoms with van der Waals surface area (Å²) in [5, 5.41) is 0. The van der Waals surface area contributed by atoms with E-state index in [-0.39, 0.29) is 0 Å². The second-order valence-corrected chi connectivity index (χ2v) is 8.47. The third-order valence-corrected chi connectivity index (χ3v) is 5.17. The zero-order valence-electron chi connectivity index (χ0n) is 15.9. The van der Waals surface area contributed by atoms with E-state index in [4.69, 9.17) is 18.9 Å². The Balaban J connectivity index is 1.69. The topological polar surface area (TPSA) is 105 Å². The lowest BCUT2D eigenvalue weighted by Gasteiger charge is -2.30. The van der Waals surface area contributed by atoms with Crippen LogP contribution in [-0.2, 0) is 38.1 Å². The zero-order valence-corrected chi connectivity index (χ0v) is 15.9. The van der Waals surface area contributed by atoms with E-state index in [1.54, 1.807) is 20.8 Å². The Kier molecular flexibility index (Phi) is 4.87. The van der Waals surface area contributed by atoms with E-state index in [0.29, 0.717) is 13.3 Å². The summed E-state index contributed by atoms with van der Waals surface area (Å²) in [5.41, 5.74) is -0.761. The molecule has 6 unspecified atom stereocenters. The van der Waals surface area contributed by atoms with Crippen LogP contribution in [0.25, 0.3) is 0 Å². The number of hydrogen-bond acceptors (Lipinski definition) is 8. The number of rotatable bonds is 5. The van der Waals surface area contributed by atoms with Gasteiger partial charge in [-0.2, -0.15) is 8.78 Å². The summed E-state index contributed by atoms with van der Waals surface area (Å²) < 4.78 is 46.5. The summed E-state index contributed by atoms with van der Waals surface area (Å²) in [5.74, 6) is -10.6. The van der Waals surface area contributed by atoms with Crippen LogP contribution in [0.4, 0.5) is 8.78 Å².